The molecule has 0 spiro atoms. The average Bonchev–Trinajstić information content (AvgIpc) is 3.15. The van der Waals surface area contributed by atoms with Crippen LogP contribution in [-0.4, -0.2) is 71.5 Å². The first-order valence-electron chi connectivity index (χ1n) is 7.95. The molecular weight excluding hydrogens is 380 g/mol. The summed E-state index contributed by atoms with van der Waals surface area (Å²) in [5, 5.41) is 22.0. The lowest BCUT2D eigenvalue weighted by molar-refractivity contribution is -0.139. The number of nitrogens with one attached hydrogen (secondary N) is 1. The zero-order valence-corrected chi connectivity index (χ0v) is 15.4. The molecule has 0 amide bonds. The fraction of sp³-hybridized carbons (Fsp3) is 0.571. The van der Waals surface area contributed by atoms with Crippen LogP contribution in [0.4, 0.5) is 5.82 Å². The number of thiol groups is 2. The van der Waals surface area contributed by atoms with Crippen LogP contribution in [0.25, 0.3) is 11.2 Å². The number of ether oxygens (including phenoxy) is 1. The number of anilines is 1. The Bertz CT molecular complexity index is 790. The quantitative estimate of drug-likeness (QED) is 0.333. The van der Waals surface area contributed by atoms with Crippen LogP contribution in [0.3, 0.4) is 0 Å². The van der Waals surface area contributed by atoms with Crippen LogP contribution >= 0.6 is 25.3 Å². The number of carboxylic acid groups (broad SMARTS) is 1. The monoisotopic (exact) mass is 400 g/mol. The number of aliphatic hydroxyl groups excluding tert-OH is 1. The number of fused-ring (bicyclic) bond motifs is 1. The number of nitrogens with two attached hydrogens (primary N) is 1. The first kappa shape index (κ1) is 19.2. The number of imidazole rings is 1. The molecule has 2 aromatic rings. The van der Waals surface area contributed by atoms with Gasteiger partial charge in [0, 0.05) is 6.54 Å². The van der Waals surface area contributed by atoms with E-state index < -0.39 is 35.7 Å². The molecule has 10 nitrogen and oxygen atoms in total. The molecule has 3 rings (SSSR count). The summed E-state index contributed by atoms with van der Waals surface area (Å²) in [5.41, 5.74) is 6.70. The van der Waals surface area contributed by atoms with Crippen molar-refractivity contribution in [1.29, 1.82) is 0 Å². The number of carboxylic acids is 1. The molecule has 0 aliphatic carbocycles. The Kier molecular flexibility index (Phi) is 5.87. The summed E-state index contributed by atoms with van der Waals surface area (Å²) in [4.78, 5) is 23.5. The van der Waals surface area contributed by atoms with Crippen molar-refractivity contribution in [3.63, 3.8) is 0 Å². The number of nitrogen functional groups attached to an aromatic ring is 1. The maximum absolute atomic E-state index is 11.2. The number of hydrogen-bond acceptors (Lipinski definition) is 10. The Morgan fingerprint density at radius 1 is 1.46 bits per heavy atom. The van der Waals surface area contributed by atoms with Crippen molar-refractivity contribution in [3.8, 4) is 0 Å². The van der Waals surface area contributed by atoms with E-state index in [0.717, 1.165) is 0 Å². The molecule has 26 heavy (non-hydrogen) atoms. The second kappa shape index (κ2) is 7.96. The van der Waals surface area contributed by atoms with Crippen molar-refractivity contribution >= 4 is 48.2 Å². The Labute approximate surface area is 160 Å². The molecule has 0 aromatic carbocycles. The summed E-state index contributed by atoms with van der Waals surface area (Å²) < 4.78 is 7.54. The average molecular weight is 400 g/mol. The lowest BCUT2D eigenvalue weighted by Crippen LogP contribution is -2.44. The van der Waals surface area contributed by atoms with E-state index in [4.69, 9.17) is 10.5 Å². The number of hydrogen-bond donors (Lipinski definition) is 6. The van der Waals surface area contributed by atoms with Crippen molar-refractivity contribution in [2.75, 3.05) is 18.0 Å². The smallest absolute Gasteiger partial charge is 0.320 e. The Balaban J connectivity index is 1.75. The van der Waals surface area contributed by atoms with Gasteiger partial charge in [-0.25, -0.2) is 15.0 Å². The molecule has 5 N–H and O–H groups in total. The number of rotatable bonds is 7. The number of aliphatic hydroxyl groups is 1. The van der Waals surface area contributed by atoms with E-state index in [1.807, 2.05) is 0 Å². The molecule has 3 heterocycles. The van der Waals surface area contributed by atoms with Gasteiger partial charge in [-0.1, -0.05) is 0 Å². The zero-order valence-electron chi connectivity index (χ0n) is 13.6. The van der Waals surface area contributed by atoms with Crippen molar-refractivity contribution in [3.05, 3.63) is 12.7 Å². The molecular formula is C14H20N6O4S2. The summed E-state index contributed by atoms with van der Waals surface area (Å²) in [6, 6.07) is -0.762. The van der Waals surface area contributed by atoms with Crippen molar-refractivity contribution in [2.24, 2.45) is 0 Å². The Morgan fingerprint density at radius 2 is 2.23 bits per heavy atom. The Morgan fingerprint density at radius 3 is 2.92 bits per heavy atom. The van der Waals surface area contributed by atoms with E-state index in [1.165, 1.54) is 12.7 Å². The second-order valence-electron chi connectivity index (χ2n) is 5.94. The highest BCUT2D eigenvalue weighted by Gasteiger charge is 2.43. The van der Waals surface area contributed by atoms with Gasteiger partial charge in [-0.3, -0.25) is 9.36 Å². The van der Waals surface area contributed by atoms with E-state index in [0.29, 0.717) is 23.3 Å². The first-order chi connectivity index (χ1) is 12.4. The van der Waals surface area contributed by atoms with Crippen LogP contribution in [0, 0.1) is 0 Å². The first-order valence-corrected chi connectivity index (χ1v) is 9.10. The van der Waals surface area contributed by atoms with Gasteiger partial charge in [-0.05, 0) is 12.2 Å². The summed E-state index contributed by atoms with van der Waals surface area (Å²) in [6.07, 6.45) is 1.01. The van der Waals surface area contributed by atoms with Gasteiger partial charge in [-0.15, -0.1) is 0 Å². The summed E-state index contributed by atoms with van der Waals surface area (Å²) in [7, 11) is 0. The van der Waals surface area contributed by atoms with Gasteiger partial charge in [0.1, 0.15) is 17.9 Å². The van der Waals surface area contributed by atoms with E-state index in [1.54, 1.807) is 4.57 Å². The topological polar surface area (TPSA) is 148 Å². The lowest BCUT2D eigenvalue weighted by atomic mass is 10.1. The van der Waals surface area contributed by atoms with Gasteiger partial charge in [0.25, 0.3) is 0 Å². The highest BCUT2D eigenvalue weighted by atomic mass is 32.1. The number of aliphatic carboxylic acids is 1. The minimum atomic E-state index is -0.974. The van der Waals surface area contributed by atoms with Crippen LogP contribution in [0.15, 0.2) is 12.7 Å². The lowest BCUT2D eigenvalue weighted by Gasteiger charge is -2.19. The van der Waals surface area contributed by atoms with E-state index in [9.17, 15) is 15.0 Å². The number of aromatic nitrogens is 4. The predicted octanol–water partition coefficient (Wildman–Crippen LogP) is -0.672. The third-order valence-electron chi connectivity index (χ3n) is 4.28. The molecule has 0 saturated carbocycles. The zero-order chi connectivity index (χ0) is 18.8. The van der Waals surface area contributed by atoms with Gasteiger partial charge in [0.15, 0.2) is 17.7 Å². The molecule has 1 aliphatic heterocycles. The number of nitrogens with zero attached hydrogens (tertiary/aromatic N) is 4. The van der Waals surface area contributed by atoms with Gasteiger partial charge in [-0.2, -0.15) is 25.3 Å². The van der Waals surface area contributed by atoms with Crippen molar-refractivity contribution in [2.45, 2.75) is 36.1 Å². The molecule has 1 saturated heterocycles. The molecule has 0 bridgehead atoms. The van der Waals surface area contributed by atoms with Crippen molar-refractivity contribution in [1.82, 2.24) is 24.8 Å². The largest absolute Gasteiger partial charge is 0.480 e. The minimum Gasteiger partial charge on any atom is -0.480 e. The molecule has 0 unspecified atom stereocenters. The third kappa shape index (κ3) is 3.60. The maximum Gasteiger partial charge on any atom is 0.320 e. The second-order valence-corrected chi connectivity index (χ2v) is 6.98. The predicted molar refractivity (Wildman–Crippen MR) is 100 cm³/mol. The van der Waals surface area contributed by atoms with Crippen LogP contribution in [0.1, 0.15) is 12.6 Å². The minimum absolute atomic E-state index is 0.156. The van der Waals surface area contributed by atoms with Gasteiger partial charge >= 0.3 is 5.97 Å². The van der Waals surface area contributed by atoms with Crippen LogP contribution in [0.5, 0.6) is 0 Å². The maximum atomic E-state index is 11.2. The fourth-order valence-electron chi connectivity index (χ4n) is 2.88. The van der Waals surface area contributed by atoms with E-state index in [2.05, 4.69) is 45.5 Å². The molecule has 1 aliphatic rings. The summed E-state index contributed by atoms with van der Waals surface area (Å²) in [6.45, 7) is 0.156. The molecule has 142 valence electrons. The van der Waals surface area contributed by atoms with Gasteiger partial charge in [0.05, 0.1) is 23.8 Å². The number of carbonyl (C=O) groups is 1. The molecule has 5 atom stereocenters. The van der Waals surface area contributed by atoms with Crippen molar-refractivity contribution < 1.29 is 19.7 Å². The third-order valence-corrected chi connectivity index (χ3v) is 5.10. The molecule has 0 radical (unpaired) electrons. The SMILES string of the molecule is Nc1ncnc2c1ncn2[C@@H]1O[C@H](CN[C@@H](CCS)C(=O)O)[C@@H](O)[C@H]1S. The van der Waals surface area contributed by atoms with Gasteiger partial charge in [0.2, 0.25) is 0 Å². The van der Waals surface area contributed by atoms with E-state index >= 15 is 0 Å². The van der Waals surface area contributed by atoms with Crippen LogP contribution in [-0.2, 0) is 9.53 Å². The molecule has 1 fully saturated rings. The van der Waals surface area contributed by atoms with E-state index in [-0.39, 0.29) is 12.4 Å². The molecule has 12 heteroatoms. The standard InChI is InChI=1S/C14H20N6O4S2/c15-11-8-12(18-4-17-11)20(5-19-8)13-10(26)9(21)7(24-13)3-16-6(1-2-25)14(22)23/h4-7,9-10,13,16,21,25-26H,1-3H2,(H,22,23)(H2,15,17,18)/t6-,7+,9+,10+,13+/m0/s1. The normalized spacial score (nSPS) is 27.0. The molecule has 2 aromatic heterocycles. The Hall–Kier alpha value is -1.60. The fourth-order valence-corrected chi connectivity index (χ4v) is 3.55. The highest BCUT2D eigenvalue weighted by molar-refractivity contribution is 7.81. The van der Waals surface area contributed by atoms with Gasteiger partial charge < -0.3 is 26.0 Å². The summed E-state index contributed by atoms with van der Waals surface area (Å²) >= 11 is 8.51. The summed E-state index contributed by atoms with van der Waals surface area (Å²) in [5.74, 6) is -0.298. The van der Waals surface area contributed by atoms with Crippen LogP contribution < -0.4 is 11.1 Å². The highest BCUT2D eigenvalue weighted by Crippen LogP contribution is 2.34. The van der Waals surface area contributed by atoms with Crippen LogP contribution in [0.2, 0.25) is 0 Å².